The lowest BCUT2D eigenvalue weighted by Gasteiger charge is -1.67. The maximum Gasteiger partial charge on any atom is 0.179 e. The Bertz CT molecular complexity index is 116. The average Bonchev–Trinajstić information content (AvgIpc) is 1.86. The van der Waals surface area contributed by atoms with Crippen LogP contribution in [0, 0.1) is 0 Å². The van der Waals surface area contributed by atoms with Crippen molar-refractivity contribution in [3.63, 3.8) is 0 Å². The fourth-order valence-corrected chi connectivity index (χ4v) is 0.617. The molecule has 1 aromatic rings. The number of nitrogens with two attached hydrogens (primary N) is 1. The number of nitrogen functional groups attached to an aromatic ring is 1. The van der Waals surface area contributed by atoms with E-state index >= 15 is 0 Å². The molecule has 0 spiro atoms. The normalized spacial score (nSPS) is 7.43. The first-order valence-electron chi connectivity index (χ1n) is 1.54. The first-order valence-corrected chi connectivity index (χ1v) is 2.42. The van der Waals surface area contributed by atoms with Crippen LogP contribution >= 0.6 is 21.2 Å². The smallest absolute Gasteiger partial charge is 0.179 e. The molecule has 0 bridgehead atoms. The summed E-state index contributed by atoms with van der Waals surface area (Å²) in [7, 11) is 0. The molecule has 7 heavy (non-hydrogen) atoms. The Morgan fingerprint density at radius 1 is 1.71 bits per heavy atom. The molecule has 0 aliphatic carbocycles. The number of hydrogen-bond donors (Lipinski definition) is 1. The minimum absolute atomic E-state index is 0. The molecule has 2 nitrogen and oxygen atoms in total. The van der Waals surface area contributed by atoms with Crippen molar-refractivity contribution in [2.24, 2.45) is 0 Å². The molecule has 1 rings (SSSR count). The van der Waals surface area contributed by atoms with Crippen molar-refractivity contribution in [3.05, 3.63) is 11.6 Å². The number of anilines is 1. The summed E-state index contributed by atoms with van der Waals surface area (Å²) in [5.41, 5.74) is 5.19. The van der Waals surface area contributed by atoms with Gasteiger partial charge in [-0.3, -0.25) is 0 Å². The quantitative estimate of drug-likeness (QED) is 0.532. The van der Waals surface area contributed by atoms with Gasteiger partial charge in [-0.25, -0.2) is 4.98 Å². The Balaban J connectivity index is 0.000000360. The summed E-state index contributed by atoms with van der Waals surface area (Å²) in [5, 5.41) is 2.48. The molecule has 0 saturated carbocycles. The number of thiazole rings is 1. The average molecular weight is 134 g/mol. The maximum absolute atomic E-state index is 5.19. The fraction of sp³-hybridized carbons (Fsp3) is 0. The molecular weight excluding hydrogens is 127 g/mol. The van der Waals surface area contributed by atoms with E-state index in [9.17, 15) is 0 Å². The monoisotopic (exact) mass is 134 g/mol. The van der Waals surface area contributed by atoms with Crippen molar-refractivity contribution in [1.82, 2.24) is 4.98 Å². The van der Waals surface area contributed by atoms with E-state index in [1.54, 1.807) is 6.20 Å². The summed E-state index contributed by atoms with van der Waals surface area (Å²) < 4.78 is 0. The van der Waals surface area contributed by atoms with Crippen LogP contribution in [0.1, 0.15) is 0 Å². The molecule has 1 atom stereocenters. The topological polar surface area (TPSA) is 38.9 Å². The molecule has 0 fully saturated rings. The lowest BCUT2D eigenvalue weighted by molar-refractivity contribution is 1.43. The predicted molar refractivity (Wildman–Crippen MR) is 37.6 cm³/mol. The van der Waals surface area contributed by atoms with Gasteiger partial charge in [-0.05, 0) is 0 Å². The van der Waals surface area contributed by atoms with Crippen molar-refractivity contribution in [3.8, 4) is 0 Å². The highest BCUT2D eigenvalue weighted by Gasteiger charge is 1.76. The standard InChI is InChI=1S/C3H4N2S.H3P/c4-3-5-1-2-6-3;/h1-2H,(H2,4,5);1H3. The third-order valence-electron chi connectivity index (χ3n) is 0.451. The van der Waals surface area contributed by atoms with Crippen LogP contribution in [0.3, 0.4) is 0 Å². The Labute approximate surface area is 49.4 Å². The zero-order chi connectivity index (χ0) is 4.41. The van der Waals surface area contributed by atoms with Gasteiger partial charge in [0.05, 0.1) is 0 Å². The lowest BCUT2D eigenvalue weighted by Crippen LogP contribution is -1.77. The van der Waals surface area contributed by atoms with Gasteiger partial charge in [0.15, 0.2) is 5.13 Å². The molecule has 1 aromatic heterocycles. The van der Waals surface area contributed by atoms with Crippen LogP contribution in [-0.4, -0.2) is 4.98 Å². The van der Waals surface area contributed by atoms with Gasteiger partial charge in [-0.2, -0.15) is 9.90 Å². The van der Waals surface area contributed by atoms with Crippen LogP contribution in [0.25, 0.3) is 0 Å². The van der Waals surface area contributed by atoms with E-state index in [1.807, 2.05) is 5.38 Å². The highest BCUT2D eigenvalue weighted by Crippen LogP contribution is 2.02. The third kappa shape index (κ3) is 1.86. The molecule has 0 amide bonds. The molecular formula is C3H7N2PS. The van der Waals surface area contributed by atoms with Crippen LogP contribution in [0.15, 0.2) is 11.6 Å². The number of hydrogen-bond acceptors (Lipinski definition) is 3. The Morgan fingerprint density at radius 3 is 2.57 bits per heavy atom. The number of aromatic nitrogens is 1. The van der Waals surface area contributed by atoms with E-state index in [-0.39, 0.29) is 9.90 Å². The van der Waals surface area contributed by atoms with E-state index in [0.29, 0.717) is 5.13 Å². The van der Waals surface area contributed by atoms with E-state index in [2.05, 4.69) is 4.98 Å². The minimum Gasteiger partial charge on any atom is -0.375 e. The van der Waals surface area contributed by atoms with Crippen molar-refractivity contribution in [2.45, 2.75) is 0 Å². The second-order valence-corrected chi connectivity index (χ2v) is 1.80. The van der Waals surface area contributed by atoms with E-state index in [4.69, 9.17) is 5.73 Å². The SMILES string of the molecule is Nc1nccs1.P. The first kappa shape index (κ1) is 6.86. The zero-order valence-electron chi connectivity index (χ0n) is 3.79. The predicted octanol–water partition coefficient (Wildman–Crippen LogP) is 0.783. The molecule has 0 saturated heterocycles. The molecule has 0 radical (unpaired) electrons. The fourth-order valence-electron chi connectivity index (χ4n) is 0.234. The highest BCUT2D eigenvalue weighted by atomic mass is 32.1. The number of rotatable bonds is 0. The lowest BCUT2D eigenvalue weighted by atomic mass is 11.0. The Morgan fingerprint density at radius 2 is 2.43 bits per heavy atom. The van der Waals surface area contributed by atoms with Gasteiger partial charge >= 0.3 is 0 Å². The zero-order valence-corrected chi connectivity index (χ0v) is 6.03. The number of nitrogens with zero attached hydrogens (tertiary/aromatic N) is 1. The molecule has 0 aliphatic heterocycles. The van der Waals surface area contributed by atoms with Crippen LogP contribution in [0.4, 0.5) is 5.13 Å². The van der Waals surface area contributed by atoms with Crippen LogP contribution < -0.4 is 5.73 Å². The molecule has 0 aliphatic rings. The van der Waals surface area contributed by atoms with Crippen LogP contribution in [0.2, 0.25) is 0 Å². The molecule has 1 heterocycles. The van der Waals surface area contributed by atoms with Gasteiger partial charge in [0, 0.05) is 11.6 Å². The van der Waals surface area contributed by atoms with Gasteiger partial charge in [-0.15, -0.1) is 11.3 Å². The van der Waals surface area contributed by atoms with E-state index in [0.717, 1.165) is 0 Å². The summed E-state index contributed by atoms with van der Waals surface area (Å²) in [6.07, 6.45) is 1.68. The van der Waals surface area contributed by atoms with Gasteiger partial charge in [0.2, 0.25) is 0 Å². The molecule has 2 N–H and O–H groups in total. The summed E-state index contributed by atoms with van der Waals surface area (Å²) in [4.78, 5) is 3.71. The summed E-state index contributed by atoms with van der Waals surface area (Å²) in [5.74, 6) is 0. The van der Waals surface area contributed by atoms with Crippen molar-refractivity contribution in [1.29, 1.82) is 0 Å². The van der Waals surface area contributed by atoms with Crippen LogP contribution in [-0.2, 0) is 0 Å². The third-order valence-corrected chi connectivity index (χ3v) is 1.06. The molecule has 4 heteroatoms. The molecule has 1 unspecified atom stereocenters. The second-order valence-electron chi connectivity index (χ2n) is 0.870. The Kier molecular flexibility index (Phi) is 2.88. The van der Waals surface area contributed by atoms with E-state index < -0.39 is 0 Å². The maximum atomic E-state index is 5.19. The summed E-state index contributed by atoms with van der Waals surface area (Å²) >= 11 is 1.44. The van der Waals surface area contributed by atoms with Crippen molar-refractivity contribution >= 4 is 26.4 Å². The minimum atomic E-state index is 0. The van der Waals surface area contributed by atoms with Gasteiger partial charge in [0.1, 0.15) is 0 Å². The van der Waals surface area contributed by atoms with Crippen molar-refractivity contribution < 1.29 is 0 Å². The Hall–Kier alpha value is -0.140. The van der Waals surface area contributed by atoms with Gasteiger partial charge in [0.25, 0.3) is 0 Å². The summed E-state index contributed by atoms with van der Waals surface area (Å²) in [6, 6.07) is 0. The van der Waals surface area contributed by atoms with Gasteiger partial charge in [-0.1, -0.05) is 0 Å². The molecule has 40 valence electrons. The first-order chi connectivity index (χ1) is 2.89. The van der Waals surface area contributed by atoms with Crippen molar-refractivity contribution in [2.75, 3.05) is 5.73 Å². The summed E-state index contributed by atoms with van der Waals surface area (Å²) in [6.45, 7) is 0. The highest BCUT2D eigenvalue weighted by molar-refractivity contribution is 7.13. The van der Waals surface area contributed by atoms with Crippen LogP contribution in [0.5, 0.6) is 0 Å². The second kappa shape index (κ2) is 2.94. The molecule has 0 aromatic carbocycles. The largest absolute Gasteiger partial charge is 0.375 e. The van der Waals surface area contributed by atoms with E-state index in [1.165, 1.54) is 11.3 Å². The van der Waals surface area contributed by atoms with Gasteiger partial charge < -0.3 is 5.73 Å².